The van der Waals surface area contributed by atoms with Crippen molar-refractivity contribution in [3.63, 3.8) is 0 Å². The van der Waals surface area contributed by atoms with Gasteiger partial charge in [0.1, 0.15) is 27.2 Å². The molecule has 0 amide bonds. The van der Waals surface area contributed by atoms with Gasteiger partial charge in [0, 0.05) is 13.2 Å². The van der Waals surface area contributed by atoms with Gasteiger partial charge in [0.15, 0.2) is 0 Å². The third-order valence-corrected chi connectivity index (χ3v) is 3.99. The molecule has 0 aliphatic heterocycles. The average molecular weight is 462 g/mol. The zero-order valence-electron chi connectivity index (χ0n) is 17.7. The Morgan fingerprint density at radius 2 is 1.22 bits per heavy atom. The van der Waals surface area contributed by atoms with Crippen LogP contribution >= 0.6 is 0 Å². The quantitative estimate of drug-likeness (QED) is 0.159. The number of carbonyl (C=O) groups is 2. The van der Waals surface area contributed by atoms with E-state index in [0.29, 0.717) is 37.2 Å². The summed E-state index contributed by atoms with van der Waals surface area (Å²) in [5.74, 6) is -2.52. The van der Waals surface area contributed by atoms with Crippen molar-refractivity contribution in [1.82, 2.24) is 0 Å². The van der Waals surface area contributed by atoms with E-state index < -0.39 is 25.5 Å². The van der Waals surface area contributed by atoms with Crippen molar-refractivity contribution in [1.29, 1.82) is 0 Å². The van der Waals surface area contributed by atoms with Gasteiger partial charge in [0.2, 0.25) is 0 Å². The number of carboxylic acids is 2. The van der Waals surface area contributed by atoms with Crippen molar-refractivity contribution in [2.45, 2.75) is 26.1 Å². The van der Waals surface area contributed by atoms with E-state index >= 15 is 0 Å². The second kappa shape index (κ2) is 17.4. The van der Waals surface area contributed by atoms with Gasteiger partial charge >= 0.3 is 11.9 Å². The first-order valence-corrected chi connectivity index (χ1v) is 9.81. The van der Waals surface area contributed by atoms with Gasteiger partial charge in [-0.3, -0.25) is 0 Å². The maximum Gasteiger partial charge on any atom is 0.336 e. The summed E-state index contributed by atoms with van der Waals surface area (Å²) in [6.07, 6.45) is 1.03. The Bertz CT molecular complexity index is 679. The summed E-state index contributed by atoms with van der Waals surface area (Å²) in [5.41, 5.74) is 0.408. The van der Waals surface area contributed by atoms with Gasteiger partial charge in [-0.05, 0) is 36.1 Å². The fraction of sp³-hybridized carbons (Fsp3) is 0.600. The molecule has 1 aromatic rings. The highest BCUT2D eigenvalue weighted by molar-refractivity contribution is 5.95. The van der Waals surface area contributed by atoms with E-state index in [1.807, 2.05) is 0 Å². The Hall–Kier alpha value is -2.16. The average Bonchev–Trinajstić information content (AvgIpc) is 2.77. The molecule has 0 saturated carbocycles. The monoisotopic (exact) mass is 462 g/mol. The predicted octanol–water partition coefficient (Wildman–Crippen LogP) is 0.777. The Labute approximate surface area is 185 Å². The normalized spacial score (nSPS) is 11.1. The van der Waals surface area contributed by atoms with Crippen LogP contribution < -0.4 is 0 Å². The Kier molecular flexibility index (Phi) is 15.2. The summed E-state index contributed by atoms with van der Waals surface area (Å²) in [6, 6.07) is 2.46. The van der Waals surface area contributed by atoms with Gasteiger partial charge in [0.25, 0.3) is 0 Å². The number of carboxylic acid groups (broad SMARTS) is 2. The van der Waals surface area contributed by atoms with Crippen molar-refractivity contribution in [3.8, 4) is 0 Å². The second-order valence-electron chi connectivity index (χ2n) is 6.30. The lowest BCUT2D eigenvalue weighted by molar-refractivity contribution is -0.110. The van der Waals surface area contributed by atoms with E-state index in [4.69, 9.17) is 29.2 Å². The molecule has 0 bridgehead atoms. The third kappa shape index (κ3) is 11.5. The topological polar surface area (TPSA) is 170 Å². The molecule has 0 aliphatic carbocycles. The van der Waals surface area contributed by atoms with E-state index in [1.54, 1.807) is 0 Å². The summed E-state index contributed by atoms with van der Waals surface area (Å²) in [5, 5.41) is 35.8. The van der Waals surface area contributed by atoms with Gasteiger partial charge < -0.3 is 48.8 Å². The molecule has 0 heterocycles. The van der Waals surface area contributed by atoms with Crippen molar-refractivity contribution in [2.24, 2.45) is 0 Å². The Morgan fingerprint density at radius 3 is 1.72 bits per heavy atom. The molecule has 0 spiro atoms. The highest BCUT2D eigenvalue weighted by atomic mass is 16.7. The summed E-state index contributed by atoms with van der Waals surface area (Å²) < 4.78 is 30.5. The van der Waals surface area contributed by atoms with Gasteiger partial charge in [-0.2, -0.15) is 0 Å². The Balaban J connectivity index is 2.67. The fourth-order valence-electron chi connectivity index (χ4n) is 2.54. The number of aromatic carboxylic acids is 2. The maximum absolute atomic E-state index is 11.7. The molecule has 32 heavy (non-hydrogen) atoms. The minimum absolute atomic E-state index is 0.00512. The van der Waals surface area contributed by atoms with E-state index in [0.717, 1.165) is 6.07 Å². The van der Waals surface area contributed by atoms with Gasteiger partial charge in [-0.1, -0.05) is 0 Å². The number of aliphatic hydroxyl groups is 2. The second-order valence-corrected chi connectivity index (χ2v) is 6.30. The van der Waals surface area contributed by atoms with E-state index in [-0.39, 0.29) is 51.1 Å². The van der Waals surface area contributed by atoms with Crippen molar-refractivity contribution < 1.29 is 58.4 Å². The van der Waals surface area contributed by atoms with Crippen LogP contribution in [-0.4, -0.2) is 86.0 Å². The smallest absolute Gasteiger partial charge is 0.336 e. The van der Waals surface area contributed by atoms with E-state index in [9.17, 15) is 19.8 Å². The summed E-state index contributed by atoms with van der Waals surface area (Å²) in [7, 11) is 0. The summed E-state index contributed by atoms with van der Waals surface area (Å²) in [6.45, 7) is 0.206. The number of aliphatic hydroxyl groups excluding tert-OH is 2. The molecular formula is C20H30O12. The summed E-state index contributed by atoms with van der Waals surface area (Å²) in [4.78, 5) is 23.1. The van der Waals surface area contributed by atoms with Crippen LogP contribution in [0, 0.1) is 0 Å². The first-order valence-electron chi connectivity index (χ1n) is 9.81. The minimum Gasteiger partial charge on any atom is -0.478 e. The highest BCUT2D eigenvalue weighted by Crippen LogP contribution is 2.21. The zero-order chi connectivity index (χ0) is 23.6. The number of ether oxygens (including phenoxy) is 6. The molecule has 0 saturated heterocycles. The molecule has 0 radical (unpaired) electrons. The van der Waals surface area contributed by atoms with Crippen LogP contribution in [0.1, 0.15) is 44.7 Å². The maximum atomic E-state index is 11.7. The molecule has 12 nitrogen and oxygen atoms in total. The SMILES string of the molecule is O=C(O)c1cc(COCCCOCOCO)c(COCCCOCOCO)c(C(=O)O)c1. The highest BCUT2D eigenvalue weighted by Gasteiger charge is 2.19. The van der Waals surface area contributed by atoms with Crippen LogP contribution in [0.3, 0.4) is 0 Å². The van der Waals surface area contributed by atoms with E-state index in [1.165, 1.54) is 6.07 Å². The molecular weight excluding hydrogens is 432 g/mol. The predicted molar refractivity (Wildman–Crippen MR) is 107 cm³/mol. The minimum atomic E-state index is -1.27. The molecule has 0 atom stereocenters. The van der Waals surface area contributed by atoms with Crippen LogP contribution in [0.5, 0.6) is 0 Å². The van der Waals surface area contributed by atoms with Crippen LogP contribution in [-0.2, 0) is 41.6 Å². The molecule has 0 fully saturated rings. The molecule has 1 rings (SSSR count). The number of benzene rings is 1. The zero-order valence-corrected chi connectivity index (χ0v) is 17.7. The summed E-state index contributed by atoms with van der Waals surface area (Å²) >= 11 is 0. The lowest BCUT2D eigenvalue weighted by Gasteiger charge is -2.15. The number of rotatable bonds is 20. The lowest BCUT2D eigenvalue weighted by atomic mass is 9.98. The molecule has 0 unspecified atom stereocenters. The lowest BCUT2D eigenvalue weighted by Crippen LogP contribution is -2.13. The molecule has 182 valence electrons. The molecule has 12 heteroatoms. The van der Waals surface area contributed by atoms with E-state index in [2.05, 4.69) is 9.47 Å². The molecule has 1 aromatic carbocycles. The largest absolute Gasteiger partial charge is 0.478 e. The van der Waals surface area contributed by atoms with Crippen molar-refractivity contribution >= 4 is 11.9 Å². The van der Waals surface area contributed by atoms with Gasteiger partial charge in [-0.25, -0.2) is 9.59 Å². The van der Waals surface area contributed by atoms with Crippen LogP contribution in [0.2, 0.25) is 0 Å². The number of hydrogen-bond acceptors (Lipinski definition) is 10. The molecule has 4 N–H and O–H groups in total. The fourth-order valence-corrected chi connectivity index (χ4v) is 2.54. The first-order chi connectivity index (χ1) is 15.5. The number of hydrogen-bond donors (Lipinski definition) is 4. The standard InChI is InChI=1S/C20H30O12/c21-11-31-13-29-5-1-3-27-9-16-7-15(19(23)24)8-17(20(25)26)18(16)10-28-4-2-6-30-14-32-12-22/h7-8,21-22H,1-6,9-14H2,(H,23,24)(H,25,26). The first kappa shape index (κ1) is 27.9. The van der Waals surface area contributed by atoms with Crippen molar-refractivity contribution in [2.75, 3.05) is 53.6 Å². The van der Waals surface area contributed by atoms with Gasteiger partial charge in [0.05, 0.1) is 37.6 Å². The Morgan fingerprint density at radius 1 is 0.688 bits per heavy atom. The van der Waals surface area contributed by atoms with Crippen LogP contribution in [0.4, 0.5) is 0 Å². The van der Waals surface area contributed by atoms with Gasteiger partial charge in [-0.15, -0.1) is 0 Å². The van der Waals surface area contributed by atoms with Crippen LogP contribution in [0.25, 0.3) is 0 Å². The van der Waals surface area contributed by atoms with Crippen molar-refractivity contribution in [3.05, 3.63) is 34.4 Å². The molecule has 0 aromatic heterocycles. The third-order valence-electron chi connectivity index (χ3n) is 3.99. The van der Waals surface area contributed by atoms with Crippen LogP contribution in [0.15, 0.2) is 12.1 Å². The molecule has 0 aliphatic rings.